The molecule has 1 amide bonds. The Labute approximate surface area is 200 Å². The molecule has 1 N–H and O–H groups in total. The van der Waals surface area contributed by atoms with Crippen molar-refractivity contribution < 1.29 is 14.3 Å². The lowest BCUT2D eigenvalue weighted by Crippen LogP contribution is -2.19. The molecule has 0 bridgehead atoms. The number of aromatic nitrogens is 6. The topological polar surface area (TPSA) is 117 Å². The predicted molar refractivity (Wildman–Crippen MR) is 129 cm³/mol. The molecule has 5 rings (SSSR count). The molecular weight excluding hydrogens is 446 g/mol. The van der Waals surface area contributed by atoms with Gasteiger partial charge in [-0.3, -0.25) is 4.79 Å². The summed E-state index contributed by atoms with van der Waals surface area (Å²) in [5, 5.41) is 12.4. The van der Waals surface area contributed by atoms with Crippen molar-refractivity contribution in [2.24, 2.45) is 0 Å². The predicted octanol–water partition coefficient (Wildman–Crippen LogP) is 3.74. The Morgan fingerprint density at radius 3 is 2.49 bits per heavy atom. The summed E-state index contributed by atoms with van der Waals surface area (Å²) >= 11 is 0. The summed E-state index contributed by atoms with van der Waals surface area (Å²) in [4.78, 5) is 34.9. The fourth-order valence-electron chi connectivity index (χ4n) is 3.69. The highest BCUT2D eigenvalue weighted by Crippen LogP contribution is 2.24. The highest BCUT2D eigenvalue weighted by molar-refractivity contribution is 6.08. The Bertz CT molecular complexity index is 1540. The Morgan fingerprint density at radius 1 is 0.914 bits per heavy atom. The van der Waals surface area contributed by atoms with Crippen LogP contribution in [0.15, 0.2) is 73.2 Å². The third-order valence-electron chi connectivity index (χ3n) is 5.42. The molecule has 174 valence electrons. The van der Waals surface area contributed by atoms with E-state index in [-0.39, 0.29) is 18.0 Å². The van der Waals surface area contributed by atoms with Gasteiger partial charge in [-0.25, -0.2) is 19.4 Å². The number of benzene rings is 1. The van der Waals surface area contributed by atoms with Gasteiger partial charge in [0.2, 0.25) is 0 Å². The van der Waals surface area contributed by atoms with Crippen LogP contribution in [-0.4, -0.2) is 48.0 Å². The Morgan fingerprint density at radius 2 is 1.69 bits per heavy atom. The molecule has 10 heteroatoms. The smallest absolute Gasteiger partial charge is 0.343 e. The number of rotatable bonds is 6. The van der Waals surface area contributed by atoms with E-state index < -0.39 is 11.9 Å². The summed E-state index contributed by atoms with van der Waals surface area (Å²) in [6.07, 6.45) is 4.46. The summed E-state index contributed by atoms with van der Waals surface area (Å²) in [6, 6.07) is 16.7. The van der Waals surface area contributed by atoms with Crippen LogP contribution >= 0.6 is 0 Å². The largest absolute Gasteiger partial charge is 0.462 e. The maximum Gasteiger partial charge on any atom is 0.343 e. The van der Waals surface area contributed by atoms with Gasteiger partial charge >= 0.3 is 5.97 Å². The summed E-state index contributed by atoms with van der Waals surface area (Å²) in [6.45, 7) is 3.66. The molecule has 0 fully saturated rings. The van der Waals surface area contributed by atoms with Crippen LogP contribution in [0.2, 0.25) is 0 Å². The van der Waals surface area contributed by atoms with Crippen LogP contribution in [0.5, 0.6) is 0 Å². The van der Waals surface area contributed by atoms with E-state index in [2.05, 4.69) is 25.5 Å². The van der Waals surface area contributed by atoms with Gasteiger partial charge in [-0.05, 0) is 44.2 Å². The molecule has 1 aromatic carbocycles. The molecule has 0 spiro atoms. The van der Waals surface area contributed by atoms with Crippen LogP contribution in [0.1, 0.15) is 33.3 Å². The minimum absolute atomic E-state index is 0.116. The third kappa shape index (κ3) is 4.12. The van der Waals surface area contributed by atoms with Gasteiger partial charge in [-0.1, -0.05) is 24.3 Å². The highest BCUT2D eigenvalue weighted by Gasteiger charge is 2.24. The normalized spacial score (nSPS) is 10.9. The van der Waals surface area contributed by atoms with E-state index in [4.69, 9.17) is 4.74 Å². The first-order valence-electron chi connectivity index (χ1n) is 11.0. The number of hydrogen-bond donors (Lipinski definition) is 1. The number of nitrogens with one attached hydrogen (secondary N) is 1. The standard InChI is InChI=1S/C25H21N7O3/c1-3-35-25(34)19-15-28-32(22-12-11-17-8-4-5-9-20(17)29-22)23(19)30-24(33)18-14-27-31(16(18)2)21-10-6-7-13-26-21/h4-15H,3H2,1-2H3,(H,30,33). The molecule has 0 saturated heterocycles. The van der Waals surface area contributed by atoms with Crippen molar-refractivity contribution in [3.63, 3.8) is 0 Å². The van der Waals surface area contributed by atoms with Gasteiger partial charge in [0.1, 0.15) is 5.56 Å². The highest BCUT2D eigenvalue weighted by atomic mass is 16.5. The maximum atomic E-state index is 13.3. The van der Waals surface area contributed by atoms with Crippen LogP contribution in [-0.2, 0) is 4.74 Å². The van der Waals surface area contributed by atoms with E-state index in [1.54, 1.807) is 42.9 Å². The monoisotopic (exact) mass is 467 g/mol. The molecule has 0 unspecified atom stereocenters. The number of hydrogen-bond acceptors (Lipinski definition) is 7. The number of nitrogens with zero attached hydrogens (tertiary/aromatic N) is 6. The molecule has 0 atom stereocenters. The first-order valence-corrected chi connectivity index (χ1v) is 11.0. The van der Waals surface area contributed by atoms with Gasteiger partial charge in [0, 0.05) is 11.6 Å². The Balaban J connectivity index is 1.54. The average Bonchev–Trinajstić information content (AvgIpc) is 3.48. The van der Waals surface area contributed by atoms with E-state index in [1.807, 2.05) is 36.4 Å². The second-order valence-electron chi connectivity index (χ2n) is 7.60. The van der Waals surface area contributed by atoms with Gasteiger partial charge in [0.15, 0.2) is 17.5 Å². The second-order valence-corrected chi connectivity index (χ2v) is 7.60. The maximum absolute atomic E-state index is 13.3. The van der Waals surface area contributed by atoms with E-state index in [0.717, 1.165) is 10.9 Å². The lowest BCUT2D eigenvalue weighted by atomic mass is 10.2. The van der Waals surface area contributed by atoms with Crippen molar-refractivity contribution in [2.45, 2.75) is 13.8 Å². The summed E-state index contributed by atoms with van der Waals surface area (Å²) in [5.74, 6) is 0.117. The number of anilines is 1. The van der Waals surface area contributed by atoms with E-state index >= 15 is 0 Å². The summed E-state index contributed by atoms with van der Waals surface area (Å²) < 4.78 is 8.16. The molecule has 4 heterocycles. The molecular formula is C25H21N7O3. The van der Waals surface area contributed by atoms with Gasteiger partial charge in [0.05, 0.1) is 35.8 Å². The van der Waals surface area contributed by atoms with E-state index in [9.17, 15) is 9.59 Å². The SMILES string of the molecule is CCOC(=O)c1cnn(-c2ccc3ccccc3n2)c1NC(=O)c1cnn(-c2ccccn2)c1C. The second kappa shape index (κ2) is 9.18. The van der Waals surface area contributed by atoms with Gasteiger partial charge in [-0.15, -0.1) is 0 Å². The molecule has 0 radical (unpaired) electrons. The lowest BCUT2D eigenvalue weighted by molar-refractivity contribution is 0.0527. The lowest BCUT2D eigenvalue weighted by Gasteiger charge is -2.11. The van der Waals surface area contributed by atoms with Crippen molar-refractivity contribution in [3.05, 3.63) is 90.0 Å². The zero-order chi connectivity index (χ0) is 24.4. The van der Waals surface area contributed by atoms with Gasteiger partial charge < -0.3 is 10.1 Å². The number of pyridine rings is 2. The third-order valence-corrected chi connectivity index (χ3v) is 5.42. The number of para-hydroxylation sites is 1. The summed E-state index contributed by atoms with van der Waals surface area (Å²) in [5.41, 5.74) is 1.78. The van der Waals surface area contributed by atoms with Crippen molar-refractivity contribution in [1.29, 1.82) is 0 Å². The minimum atomic E-state index is -0.601. The average molecular weight is 467 g/mol. The molecule has 4 aromatic heterocycles. The number of ether oxygens (including phenoxy) is 1. The van der Waals surface area contributed by atoms with Crippen LogP contribution in [0.3, 0.4) is 0 Å². The molecule has 0 aliphatic carbocycles. The molecule has 35 heavy (non-hydrogen) atoms. The Kier molecular flexibility index (Phi) is 5.76. The van der Waals surface area contributed by atoms with Gasteiger partial charge in [0.25, 0.3) is 5.91 Å². The number of carbonyl (C=O) groups excluding carboxylic acids is 2. The molecule has 0 aliphatic rings. The van der Waals surface area contributed by atoms with Crippen molar-refractivity contribution in [3.8, 4) is 11.6 Å². The fraction of sp³-hybridized carbons (Fsp3) is 0.120. The number of esters is 1. The molecule has 10 nitrogen and oxygen atoms in total. The zero-order valence-electron chi connectivity index (χ0n) is 19.0. The number of amides is 1. The van der Waals surface area contributed by atoms with Crippen LogP contribution in [0, 0.1) is 6.92 Å². The summed E-state index contributed by atoms with van der Waals surface area (Å²) in [7, 11) is 0. The quantitative estimate of drug-likeness (QED) is 0.378. The van der Waals surface area contributed by atoms with Crippen LogP contribution in [0.4, 0.5) is 5.82 Å². The first-order chi connectivity index (χ1) is 17.1. The molecule has 5 aromatic rings. The van der Waals surface area contributed by atoms with Crippen LogP contribution in [0.25, 0.3) is 22.5 Å². The molecule has 0 saturated carbocycles. The fourth-order valence-corrected chi connectivity index (χ4v) is 3.69. The van der Waals surface area contributed by atoms with Crippen molar-refractivity contribution in [2.75, 3.05) is 11.9 Å². The van der Waals surface area contributed by atoms with E-state index in [1.165, 1.54) is 17.1 Å². The minimum Gasteiger partial charge on any atom is -0.462 e. The van der Waals surface area contributed by atoms with Crippen molar-refractivity contribution in [1.82, 2.24) is 29.5 Å². The number of fused-ring (bicyclic) bond motifs is 1. The molecule has 0 aliphatic heterocycles. The number of carbonyl (C=O) groups is 2. The van der Waals surface area contributed by atoms with Gasteiger partial charge in [-0.2, -0.15) is 14.9 Å². The van der Waals surface area contributed by atoms with Crippen LogP contribution < -0.4 is 5.32 Å². The van der Waals surface area contributed by atoms with Crippen molar-refractivity contribution >= 4 is 28.6 Å². The van der Waals surface area contributed by atoms with E-state index in [0.29, 0.717) is 22.9 Å². The first kappa shape index (κ1) is 22.0. The Hall–Kier alpha value is -4.86. The zero-order valence-corrected chi connectivity index (χ0v) is 19.0.